The Morgan fingerprint density at radius 1 is 1.14 bits per heavy atom. The molecule has 2 aromatic rings. The Bertz CT molecular complexity index is 851. The van der Waals surface area contributed by atoms with Gasteiger partial charge in [0.2, 0.25) is 5.91 Å². The average molecular weight is 384 g/mol. The molecule has 0 bridgehead atoms. The topological polar surface area (TPSA) is 58.6 Å². The Hall–Kier alpha value is -2.89. The van der Waals surface area contributed by atoms with Crippen molar-refractivity contribution in [2.75, 3.05) is 25.0 Å². The molecule has 28 heavy (non-hydrogen) atoms. The first-order chi connectivity index (χ1) is 13.5. The minimum Gasteiger partial charge on any atom is -0.484 e. The summed E-state index contributed by atoms with van der Waals surface area (Å²) in [6, 6.07) is 13.5. The van der Waals surface area contributed by atoms with Crippen LogP contribution >= 0.6 is 0 Å². The molecule has 2 amide bonds. The van der Waals surface area contributed by atoms with Gasteiger partial charge in [0.1, 0.15) is 11.6 Å². The molecule has 1 N–H and O–H groups in total. The lowest BCUT2D eigenvalue weighted by atomic mass is 10.1. The number of nitrogens with zero attached hydrogens (tertiary/aromatic N) is 1. The number of carbonyl (C=O) groups is 2. The summed E-state index contributed by atoms with van der Waals surface area (Å²) in [5.74, 6) is -0.274. The van der Waals surface area contributed by atoms with E-state index in [-0.39, 0.29) is 36.1 Å². The third-order valence-corrected chi connectivity index (χ3v) is 5.01. The quantitative estimate of drug-likeness (QED) is 0.753. The predicted molar refractivity (Wildman–Crippen MR) is 106 cm³/mol. The number of rotatable bonds is 8. The second kappa shape index (κ2) is 8.87. The number of likely N-dealkylation sites (N-methyl/N-ethyl adjacent to an activating group) is 1. The number of benzene rings is 2. The van der Waals surface area contributed by atoms with Crippen LogP contribution in [0.3, 0.4) is 0 Å². The van der Waals surface area contributed by atoms with E-state index >= 15 is 0 Å². The summed E-state index contributed by atoms with van der Waals surface area (Å²) in [5.41, 5.74) is 1.19. The Labute approximate surface area is 164 Å². The average Bonchev–Trinajstić information content (AvgIpc) is 3.49. The first-order valence-corrected chi connectivity index (χ1v) is 9.59. The number of hydrogen-bond donors (Lipinski definition) is 1. The lowest BCUT2D eigenvalue weighted by molar-refractivity contribution is -0.133. The third-order valence-electron chi connectivity index (χ3n) is 5.01. The number of nitrogens with one attached hydrogen (secondary N) is 1. The highest BCUT2D eigenvalue weighted by Crippen LogP contribution is 2.48. The van der Waals surface area contributed by atoms with Crippen molar-refractivity contribution in [3.8, 4) is 5.75 Å². The van der Waals surface area contributed by atoms with E-state index in [1.54, 1.807) is 47.4 Å². The summed E-state index contributed by atoms with van der Waals surface area (Å²) in [6.07, 6.45) is 0.640. The monoisotopic (exact) mass is 384 g/mol. The van der Waals surface area contributed by atoms with Crippen LogP contribution < -0.4 is 10.1 Å². The number of halogens is 1. The van der Waals surface area contributed by atoms with E-state index in [0.717, 1.165) is 0 Å². The number of anilines is 1. The van der Waals surface area contributed by atoms with E-state index in [9.17, 15) is 14.0 Å². The van der Waals surface area contributed by atoms with Gasteiger partial charge in [-0.15, -0.1) is 0 Å². The fourth-order valence-electron chi connectivity index (χ4n) is 3.32. The molecule has 1 saturated carbocycles. The largest absolute Gasteiger partial charge is 0.484 e. The van der Waals surface area contributed by atoms with E-state index in [1.165, 1.54) is 6.07 Å². The summed E-state index contributed by atoms with van der Waals surface area (Å²) in [7, 11) is 0. The normalized spacial score (nSPS) is 17.7. The highest BCUT2D eigenvalue weighted by Gasteiger charge is 2.45. The van der Waals surface area contributed by atoms with Gasteiger partial charge in [0.25, 0.3) is 5.91 Å². The molecular formula is C22H25FN2O3. The van der Waals surface area contributed by atoms with Gasteiger partial charge in [-0.2, -0.15) is 0 Å². The van der Waals surface area contributed by atoms with E-state index in [1.807, 2.05) is 13.8 Å². The zero-order valence-corrected chi connectivity index (χ0v) is 16.2. The van der Waals surface area contributed by atoms with Crippen molar-refractivity contribution in [1.29, 1.82) is 0 Å². The molecule has 0 aliphatic heterocycles. The number of ether oxygens (including phenoxy) is 1. The molecule has 1 aliphatic carbocycles. The number of carbonyl (C=O) groups excluding carboxylic acids is 2. The van der Waals surface area contributed by atoms with Crippen molar-refractivity contribution in [3.63, 3.8) is 0 Å². The van der Waals surface area contributed by atoms with E-state index in [0.29, 0.717) is 36.5 Å². The molecule has 0 spiro atoms. The maximum absolute atomic E-state index is 13.9. The smallest absolute Gasteiger partial charge is 0.260 e. The molecule has 148 valence electrons. The van der Waals surface area contributed by atoms with Crippen LogP contribution in [-0.2, 0) is 9.59 Å². The zero-order chi connectivity index (χ0) is 20.1. The van der Waals surface area contributed by atoms with Gasteiger partial charge in [-0.3, -0.25) is 9.59 Å². The summed E-state index contributed by atoms with van der Waals surface area (Å²) in [6.45, 7) is 5.07. The van der Waals surface area contributed by atoms with Crippen molar-refractivity contribution >= 4 is 17.5 Å². The molecule has 1 fully saturated rings. The van der Waals surface area contributed by atoms with Crippen LogP contribution in [0.2, 0.25) is 0 Å². The third kappa shape index (κ3) is 4.68. The van der Waals surface area contributed by atoms with Gasteiger partial charge in [0, 0.05) is 30.8 Å². The van der Waals surface area contributed by atoms with Gasteiger partial charge in [-0.05, 0) is 49.9 Å². The summed E-state index contributed by atoms with van der Waals surface area (Å²) in [4.78, 5) is 26.2. The van der Waals surface area contributed by atoms with Gasteiger partial charge >= 0.3 is 0 Å². The van der Waals surface area contributed by atoms with Crippen LogP contribution in [0.25, 0.3) is 0 Å². The lowest BCUT2D eigenvalue weighted by Gasteiger charge is -2.18. The maximum Gasteiger partial charge on any atom is 0.260 e. The molecule has 6 heteroatoms. The van der Waals surface area contributed by atoms with Crippen LogP contribution in [0, 0.1) is 11.7 Å². The van der Waals surface area contributed by atoms with Crippen LogP contribution in [0.5, 0.6) is 5.75 Å². The highest BCUT2D eigenvalue weighted by atomic mass is 19.1. The molecule has 1 aliphatic rings. The second-order valence-corrected chi connectivity index (χ2v) is 6.84. The first kappa shape index (κ1) is 19.9. The SMILES string of the molecule is CCN(CC)C(=O)COc1cccc(NC(=O)C2CC2c2ccccc2F)c1. The van der Waals surface area contributed by atoms with E-state index in [4.69, 9.17) is 4.74 Å². The first-order valence-electron chi connectivity index (χ1n) is 9.59. The van der Waals surface area contributed by atoms with Crippen LogP contribution in [0.1, 0.15) is 31.7 Å². The minimum atomic E-state index is -0.268. The van der Waals surface area contributed by atoms with Crippen molar-refractivity contribution < 1.29 is 18.7 Å². The van der Waals surface area contributed by atoms with Gasteiger partial charge in [-0.25, -0.2) is 4.39 Å². The Kier molecular flexibility index (Phi) is 6.29. The van der Waals surface area contributed by atoms with Crippen molar-refractivity contribution in [1.82, 2.24) is 4.90 Å². The van der Waals surface area contributed by atoms with Crippen molar-refractivity contribution in [3.05, 3.63) is 59.9 Å². The fourth-order valence-corrected chi connectivity index (χ4v) is 3.32. The second-order valence-electron chi connectivity index (χ2n) is 6.84. The molecule has 0 heterocycles. The molecule has 2 atom stereocenters. The Balaban J connectivity index is 1.56. The molecule has 2 aromatic carbocycles. The summed E-state index contributed by atoms with van der Waals surface area (Å²) in [5, 5.41) is 2.86. The zero-order valence-electron chi connectivity index (χ0n) is 16.2. The molecule has 3 rings (SSSR count). The minimum absolute atomic E-state index is 0.0446. The van der Waals surface area contributed by atoms with Gasteiger partial charge in [0.15, 0.2) is 6.61 Å². The molecule has 0 saturated heterocycles. The molecule has 0 aromatic heterocycles. The van der Waals surface area contributed by atoms with Gasteiger partial charge in [-0.1, -0.05) is 24.3 Å². The van der Waals surface area contributed by atoms with Crippen LogP contribution in [-0.4, -0.2) is 36.4 Å². The molecule has 2 unspecified atom stereocenters. The predicted octanol–water partition coefficient (Wildman–Crippen LogP) is 3.82. The van der Waals surface area contributed by atoms with Crippen molar-refractivity contribution in [2.45, 2.75) is 26.2 Å². The highest BCUT2D eigenvalue weighted by molar-refractivity contribution is 5.95. The molecular weight excluding hydrogens is 359 g/mol. The lowest BCUT2D eigenvalue weighted by Crippen LogP contribution is -2.34. The summed E-state index contributed by atoms with van der Waals surface area (Å²) >= 11 is 0. The number of hydrogen-bond acceptors (Lipinski definition) is 3. The van der Waals surface area contributed by atoms with Crippen LogP contribution in [0.15, 0.2) is 48.5 Å². The van der Waals surface area contributed by atoms with Crippen LogP contribution in [0.4, 0.5) is 10.1 Å². The molecule has 0 radical (unpaired) electrons. The van der Waals surface area contributed by atoms with E-state index in [2.05, 4.69) is 5.32 Å². The maximum atomic E-state index is 13.9. The standard InChI is InChI=1S/C22H25FN2O3/c1-3-25(4-2)21(26)14-28-16-9-7-8-15(12-16)24-22(27)19-13-18(19)17-10-5-6-11-20(17)23/h5-12,18-19H,3-4,13-14H2,1-2H3,(H,24,27). The fraction of sp³-hybridized carbons (Fsp3) is 0.364. The van der Waals surface area contributed by atoms with Gasteiger partial charge < -0.3 is 15.0 Å². The van der Waals surface area contributed by atoms with E-state index < -0.39 is 0 Å². The van der Waals surface area contributed by atoms with Gasteiger partial charge in [0.05, 0.1) is 0 Å². The summed E-state index contributed by atoms with van der Waals surface area (Å²) < 4.78 is 19.4. The van der Waals surface area contributed by atoms with Crippen molar-refractivity contribution in [2.24, 2.45) is 5.92 Å². The number of amides is 2. The molecule has 5 nitrogen and oxygen atoms in total. The Morgan fingerprint density at radius 2 is 1.89 bits per heavy atom. The Morgan fingerprint density at radius 3 is 2.61 bits per heavy atom.